The number of rotatable bonds is 7. The summed E-state index contributed by atoms with van der Waals surface area (Å²) in [6.07, 6.45) is 0. The summed E-state index contributed by atoms with van der Waals surface area (Å²) in [6.45, 7) is 6.44. The van der Waals surface area contributed by atoms with Gasteiger partial charge in [-0.3, -0.25) is 4.79 Å². The van der Waals surface area contributed by atoms with Crippen molar-refractivity contribution in [2.75, 3.05) is 31.6 Å². The summed E-state index contributed by atoms with van der Waals surface area (Å²) in [4.78, 5) is 17.5. The van der Waals surface area contributed by atoms with Crippen molar-refractivity contribution < 1.29 is 17.9 Å². The number of amides is 1. The summed E-state index contributed by atoms with van der Waals surface area (Å²) in [7, 11) is -2.12. The number of anilines is 1. The lowest BCUT2D eigenvalue weighted by molar-refractivity contribution is 0.0726. The Balaban J connectivity index is 1.35. The van der Waals surface area contributed by atoms with Crippen molar-refractivity contribution >= 4 is 21.6 Å². The minimum absolute atomic E-state index is 0.00824. The molecule has 3 aromatic carbocycles. The van der Waals surface area contributed by atoms with Gasteiger partial charge in [-0.1, -0.05) is 24.3 Å². The summed E-state index contributed by atoms with van der Waals surface area (Å²) in [5.41, 5.74) is 3.78. The SMILES string of the molecule is COc1ccc(S(=O)(=O)NCc2ccc(C(=O)N3CCN(c4cccc(C)c4)[C@@H](C)C3)cc2)cc1. The lowest BCUT2D eigenvalue weighted by Gasteiger charge is -2.41. The molecular weight excluding hydrogens is 462 g/mol. The number of sulfonamides is 1. The van der Waals surface area contributed by atoms with E-state index in [0.29, 0.717) is 24.4 Å². The van der Waals surface area contributed by atoms with Gasteiger partial charge >= 0.3 is 0 Å². The molecule has 35 heavy (non-hydrogen) atoms. The number of aryl methyl sites for hydroxylation is 1. The number of hydrogen-bond acceptors (Lipinski definition) is 5. The van der Waals surface area contributed by atoms with Crippen LogP contribution in [0.2, 0.25) is 0 Å². The maximum atomic E-state index is 13.1. The lowest BCUT2D eigenvalue weighted by atomic mass is 10.1. The topological polar surface area (TPSA) is 78.9 Å². The molecule has 184 valence electrons. The van der Waals surface area contributed by atoms with E-state index in [0.717, 1.165) is 12.1 Å². The van der Waals surface area contributed by atoms with Crippen LogP contribution < -0.4 is 14.4 Å². The monoisotopic (exact) mass is 493 g/mol. The van der Waals surface area contributed by atoms with Crippen LogP contribution in [0, 0.1) is 6.92 Å². The molecule has 1 aliphatic heterocycles. The van der Waals surface area contributed by atoms with Gasteiger partial charge in [-0.15, -0.1) is 0 Å². The zero-order valence-corrected chi connectivity index (χ0v) is 21.1. The predicted molar refractivity (Wildman–Crippen MR) is 137 cm³/mol. The van der Waals surface area contributed by atoms with E-state index in [-0.39, 0.29) is 23.4 Å². The van der Waals surface area contributed by atoms with Crippen LogP contribution in [0.1, 0.15) is 28.4 Å². The molecule has 1 fully saturated rings. The van der Waals surface area contributed by atoms with E-state index in [9.17, 15) is 13.2 Å². The molecule has 0 saturated carbocycles. The van der Waals surface area contributed by atoms with Crippen LogP contribution in [0.5, 0.6) is 5.75 Å². The molecule has 0 radical (unpaired) electrons. The van der Waals surface area contributed by atoms with Crippen molar-refractivity contribution in [2.45, 2.75) is 31.3 Å². The number of piperazine rings is 1. The van der Waals surface area contributed by atoms with E-state index in [1.165, 1.54) is 30.5 Å². The van der Waals surface area contributed by atoms with Gasteiger partial charge in [0.15, 0.2) is 0 Å². The molecule has 0 aromatic heterocycles. The highest BCUT2D eigenvalue weighted by molar-refractivity contribution is 7.89. The molecule has 1 amide bonds. The highest BCUT2D eigenvalue weighted by atomic mass is 32.2. The van der Waals surface area contributed by atoms with Crippen molar-refractivity contribution in [3.8, 4) is 5.75 Å². The molecule has 0 unspecified atom stereocenters. The van der Waals surface area contributed by atoms with Gasteiger partial charge in [0, 0.05) is 43.5 Å². The van der Waals surface area contributed by atoms with Gasteiger partial charge in [0.05, 0.1) is 12.0 Å². The molecule has 1 N–H and O–H groups in total. The van der Waals surface area contributed by atoms with Crippen molar-refractivity contribution in [1.82, 2.24) is 9.62 Å². The minimum atomic E-state index is -3.65. The Labute approximate surface area is 207 Å². The van der Waals surface area contributed by atoms with Crippen LogP contribution in [-0.2, 0) is 16.6 Å². The third-order valence-electron chi connectivity index (χ3n) is 6.28. The van der Waals surface area contributed by atoms with Crippen LogP contribution >= 0.6 is 0 Å². The fourth-order valence-corrected chi connectivity index (χ4v) is 5.31. The van der Waals surface area contributed by atoms with E-state index in [4.69, 9.17) is 4.74 Å². The van der Waals surface area contributed by atoms with Crippen LogP contribution in [0.3, 0.4) is 0 Å². The number of carbonyl (C=O) groups is 1. The number of hydrogen-bond donors (Lipinski definition) is 1. The number of nitrogens with zero attached hydrogens (tertiary/aromatic N) is 2. The molecule has 0 bridgehead atoms. The normalized spacial score (nSPS) is 16.3. The Morgan fingerprint density at radius 3 is 2.37 bits per heavy atom. The summed E-state index contributed by atoms with van der Waals surface area (Å²) in [6, 6.07) is 22.0. The summed E-state index contributed by atoms with van der Waals surface area (Å²) >= 11 is 0. The predicted octanol–water partition coefficient (Wildman–Crippen LogP) is 3.83. The number of nitrogens with one attached hydrogen (secondary N) is 1. The second-order valence-corrected chi connectivity index (χ2v) is 10.6. The number of benzene rings is 3. The first-order valence-corrected chi connectivity index (χ1v) is 13.1. The van der Waals surface area contributed by atoms with Crippen LogP contribution in [0.15, 0.2) is 77.7 Å². The molecule has 0 spiro atoms. The average Bonchev–Trinajstić information content (AvgIpc) is 2.87. The van der Waals surface area contributed by atoms with E-state index < -0.39 is 10.0 Å². The van der Waals surface area contributed by atoms with Crippen molar-refractivity contribution in [1.29, 1.82) is 0 Å². The van der Waals surface area contributed by atoms with E-state index >= 15 is 0 Å². The van der Waals surface area contributed by atoms with Crippen LogP contribution in [-0.4, -0.2) is 52.0 Å². The largest absolute Gasteiger partial charge is 0.497 e. The van der Waals surface area contributed by atoms with Gasteiger partial charge in [0.25, 0.3) is 5.91 Å². The summed E-state index contributed by atoms with van der Waals surface area (Å²) in [5, 5.41) is 0. The molecule has 0 aliphatic carbocycles. The first kappa shape index (κ1) is 24.8. The van der Waals surface area contributed by atoms with Gasteiger partial charge < -0.3 is 14.5 Å². The Hall–Kier alpha value is -3.36. The van der Waals surface area contributed by atoms with E-state index in [2.05, 4.69) is 47.7 Å². The maximum Gasteiger partial charge on any atom is 0.253 e. The highest BCUT2D eigenvalue weighted by Crippen LogP contribution is 2.23. The third-order valence-corrected chi connectivity index (χ3v) is 7.70. The zero-order valence-electron chi connectivity index (χ0n) is 20.3. The Morgan fingerprint density at radius 2 is 1.74 bits per heavy atom. The lowest BCUT2D eigenvalue weighted by Crippen LogP contribution is -2.53. The summed E-state index contributed by atoms with van der Waals surface area (Å²) in [5.74, 6) is 0.585. The van der Waals surface area contributed by atoms with Gasteiger partial charge in [0.1, 0.15) is 5.75 Å². The molecule has 7 nitrogen and oxygen atoms in total. The van der Waals surface area contributed by atoms with Crippen LogP contribution in [0.4, 0.5) is 5.69 Å². The molecule has 1 atom stereocenters. The van der Waals surface area contributed by atoms with Crippen molar-refractivity contribution in [3.05, 3.63) is 89.5 Å². The smallest absolute Gasteiger partial charge is 0.253 e. The van der Waals surface area contributed by atoms with Gasteiger partial charge in [-0.05, 0) is 73.5 Å². The third kappa shape index (κ3) is 5.83. The standard InChI is InChI=1S/C27H31N3O4S/c1-20-5-4-6-24(17-20)30-16-15-29(19-21(30)2)27(31)23-9-7-22(8-10-23)18-28-35(32,33)26-13-11-25(34-3)12-14-26/h4-14,17,21,28H,15-16,18-19H2,1-3H3/t21-/m0/s1. The Morgan fingerprint density at radius 1 is 1.03 bits per heavy atom. The van der Waals surface area contributed by atoms with E-state index in [1.54, 1.807) is 36.4 Å². The highest BCUT2D eigenvalue weighted by Gasteiger charge is 2.27. The molecule has 1 aliphatic rings. The minimum Gasteiger partial charge on any atom is -0.497 e. The second kappa shape index (κ2) is 10.5. The molecule has 1 heterocycles. The fraction of sp³-hybridized carbons (Fsp3) is 0.296. The first-order valence-electron chi connectivity index (χ1n) is 11.6. The Kier molecular flexibility index (Phi) is 7.42. The van der Waals surface area contributed by atoms with E-state index in [1.807, 2.05) is 4.90 Å². The summed E-state index contributed by atoms with van der Waals surface area (Å²) < 4.78 is 32.8. The molecule has 8 heteroatoms. The number of methoxy groups -OCH3 is 1. The molecule has 4 rings (SSSR count). The zero-order chi connectivity index (χ0) is 25.0. The Bertz CT molecular complexity index is 1270. The van der Waals surface area contributed by atoms with Gasteiger partial charge in [-0.25, -0.2) is 13.1 Å². The van der Waals surface area contributed by atoms with Gasteiger partial charge in [0.2, 0.25) is 10.0 Å². The fourth-order valence-electron chi connectivity index (χ4n) is 4.30. The van der Waals surface area contributed by atoms with Crippen LogP contribution in [0.25, 0.3) is 0 Å². The molecule has 1 saturated heterocycles. The second-order valence-electron chi connectivity index (χ2n) is 8.83. The average molecular weight is 494 g/mol. The number of carbonyl (C=O) groups excluding carboxylic acids is 1. The van der Waals surface area contributed by atoms with Crippen molar-refractivity contribution in [3.63, 3.8) is 0 Å². The maximum absolute atomic E-state index is 13.1. The molecular formula is C27H31N3O4S. The van der Waals surface area contributed by atoms with Crippen molar-refractivity contribution in [2.24, 2.45) is 0 Å². The first-order chi connectivity index (χ1) is 16.8. The molecule has 3 aromatic rings. The number of ether oxygens (including phenoxy) is 1. The van der Waals surface area contributed by atoms with Gasteiger partial charge in [-0.2, -0.15) is 0 Å². The quantitative estimate of drug-likeness (QED) is 0.541.